The Labute approximate surface area is 174 Å². The lowest BCUT2D eigenvalue weighted by Gasteiger charge is -2.25. The Morgan fingerprint density at radius 3 is 2.46 bits per heavy atom. The highest BCUT2D eigenvalue weighted by molar-refractivity contribution is 7.84. The van der Waals surface area contributed by atoms with Crippen molar-refractivity contribution in [3.8, 4) is 5.75 Å². The minimum Gasteiger partial charge on any atom is -0.489 e. The molecule has 0 aliphatic rings. The van der Waals surface area contributed by atoms with Gasteiger partial charge in [0, 0.05) is 15.7 Å². The number of amides is 1. The molecule has 0 fully saturated rings. The van der Waals surface area contributed by atoms with Gasteiger partial charge in [-0.15, -0.1) is 0 Å². The summed E-state index contributed by atoms with van der Waals surface area (Å²) in [6.07, 6.45) is -1.20. The van der Waals surface area contributed by atoms with Crippen LogP contribution in [0.3, 0.4) is 0 Å². The quantitative estimate of drug-likeness (QED) is 0.693. The largest absolute Gasteiger partial charge is 0.489 e. The Kier molecular flexibility index (Phi) is 6.80. The average molecular weight is 420 g/mol. The second-order valence-corrected chi connectivity index (χ2v) is 10.4. The third-order valence-electron chi connectivity index (χ3n) is 3.32. The smallest absolute Gasteiger partial charge is 0.407 e. The van der Waals surface area contributed by atoms with Gasteiger partial charge in [-0.2, -0.15) is 0 Å². The van der Waals surface area contributed by atoms with Crippen molar-refractivity contribution in [3.05, 3.63) is 29.6 Å². The van der Waals surface area contributed by atoms with Gasteiger partial charge in [-0.05, 0) is 73.5 Å². The molecule has 0 aliphatic heterocycles. The van der Waals surface area contributed by atoms with E-state index in [1.165, 1.54) is 6.07 Å². The van der Waals surface area contributed by atoms with Gasteiger partial charge in [0.25, 0.3) is 0 Å². The minimum atomic E-state index is -2.62. The van der Waals surface area contributed by atoms with Crippen LogP contribution in [-0.2, 0) is 15.7 Å². The molecule has 1 amide bonds. The molecule has 6 nitrogen and oxygen atoms in total. The van der Waals surface area contributed by atoms with E-state index in [0.29, 0.717) is 0 Å². The number of hydrogen-bond acceptors (Lipinski definition) is 4. The minimum absolute atomic E-state index is 0.0155. The summed E-state index contributed by atoms with van der Waals surface area (Å²) in [4.78, 5) is 11.8. The molecule has 0 radical (unpaired) electrons. The van der Waals surface area contributed by atoms with Crippen molar-refractivity contribution < 1.29 is 27.0 Å². The fourth-order valence-corrected chi connectivity index (χ4v) is 2.69. The van der Waals surface area contributed by atoms with Crippen molar-refractivity contribution in [1.82, 2.24) is 10.0 Å². The van der Waals surface area contributed by atoms with E-state index in [1.807, 2.05) is 0 Å². The second-order valence-electron chi connectivity index (χ2n) is 8.43. The highest BCUT2D eigenvalue weighted by atomic mass is 32.2. The van der Waals surface area contributed by atoms with Gasteiger partial charge < -0.3 is 14.8 Å². The average Bonchev–Trinajstić information content (AvgIpc) is 2.56. The van der Waals surface area contributed by atoms with Gasteiger partial charge in [0.2, 0.25) is 0 Å². The molecule has 8 heteroatoms. The first-order chi connectivity index (χ1) is 13.9. The number of alkyl carbamates (subject to hydrolysis) is 1. The Morgan fingerprint density at radius 1 is 1.29 bits per heavy atom. The summed E-state index contributed by atoms with van der Waals surface area (Å²) in [6, 6.07) is 2.08. The molecular formula is C20H33FN2O4S. The Balaban J connectivity index is 3.08. The van der Waals surface area contributed by atoms with Crippen LogP contribution in [0.15, 0.2) is 18.2 Å². The lowest BCUT2D eigenvalue weighted by atomic mass is 10.1. The van der Waals surface area contributed by atoms with Crippen LogP contribution in [0.4, 0.5) is 9.18 Å². The maximum absolute atomic E-state index is 14.0. The van der Waals surface area contributed by atoms with Crippen molar-refractivity contribution in [2.24, 2.45) is 0 Å². The summed E-state index contributed by atoms with van der Waals surface area (Å²) in [5.41, 5.74) is -0.638. The van der Waals surface area contributed by atoms with Crippen molar-refractivity contribution in [3.63, 3.8) is 0 Å². The molecule has 0 unspecified atom stereocenters. The Morgan fingerprint density at radius 2 is 1.93 bits per heavy atom. The molecule has 160 valence electrons. The fourth-order valence-electron chi connectivity index (χ4n) is 2.00. The molecule has 0 aliphatic carbocycles. The summed E-state index contributed by atoms with van der Waals surface area (Å²) in [5, 5.41) is 2.57. The van der Waals surface area contributed by atoms with E-state index in [4.69, 9.17) is 13.6 Å². The first kappa shape index (κ1) is 19.6. The van der Waals surface area contributed by atoms with E-state index in [9.17, 15) is 13.4 Å². The third kappa shape index (κ3) is 8.56. The summed E-state index contributed by atoms with van der Waals surface area (Å²) in [5.74, 6) is -0.543. The second kappa shape index (κ2) is 9.69. The van der Waals surface area contributed by atoms with Crippen molar-refractivity contribution in [1.29, 1.82) is 0 Å². The molecule has 0 aromatic heterocycles. The molecule has 0 spiro atoms. The molecule has 3 atom stereocenters. The zero-order chi connectivity index (χ0) is 24.2. The molecule has 28 heavy (non-hydrogen) atoms. The van der Waals surface area contributed by atoms with Crippen LogP contribution >= 0.6 is 0 Å². The lowest BCUT2D eigenvalue weighted by Crippen LogP contribution is -2.38. The molecule has 0 saturated heterocycles. The Hall–Kier alpha value is -1.67. The number of carbonyl (C=O) groups excluding carboxylic acids is 1. The van der Waals surface area contributed by atoms with Crippen LogP contribution in [0.25, 0.3) is 0 Å². The van der Waals surface area contributed by atoms with Gasteiger partial charge in [0.1, 0.15) is 23.3 Å². The number of nitrogens with one attached hydrogen (secondary N) is 2. The maximum Gasteiger partial charge on any atom is 0.407 e. The van der Waals surface area contributed by atoms with Crippen molar-refractivity contribution in [2.45, 2.75) is 77.8 Å². The lowest BCUT2D eigenvalue weighted by molar-refractivity contribution is 0.0504. The van der Waals surface area contributed by atoms with E-state index < -0.39 is 52.2 Å². The Bertz CT molecular complexity index is 792. The molecule has 1 aromatic rings. The molecule has 1 aromatic carbocycles. The fraction of sp³-hybridized carbons (Fsp3) is 0.650. The van der Waals surface area contributed by atoms with Crippen LogP contribution in [0.1, 0.15) is 71.0 Å². The van der Waals surface area contributed by atoms with Gasteiger partial charge in [-0.1, -0.05) is 0 Å². The van der Waals surface area contributed by atoms with Gasteiger partial charge in [-0.3, -0.25) is 0 Å². The highest BCUT2D eigenvalue weighted by Crippen LogP contribution is 2.28. The number of rotatable bonds is 7. The molecule has 0 heterocycles. The molecule has 0 bridgehead atoms. The van der Waals surface area contributed by atoms with Crippen LogP contribution in [0.2, 0.25) is 0 Å². The molecule has 0 saturated carbocycles. The SMILES string of the molecule is [2H]C([2H])([2H])[C@@H](N[S@](=O)C(C)(C)C)c1cc(F)ccc1O[C@@H](C)CNC(=O)OC(C)(C)C. The van der Waals surface area contributed by atoms with Crippen molar-refractivity contribution >= 4 is 17.1 Å². The summed E-state index contributed by atoms with van der Waals surface area (Å²) in [7, 11) is -1.72. The predicted molar refractivity (Wildman–Crippen MR) is 110 cm³/mol. The predicted octanol–water partition coefficient (Wildman–Crippen LogP) is 4.23. The van der Waals surface area contributed by atoms with E-state index in [2.05, 4.69) is 10.0 Å². The number of halogens is 1. The number of benzene rings is 1. The van der Waals surface area contributed by atoms with Crippen LogP contribution in [-0.4, -0.2) is 33.3 Å². The standard InChI is InChI=1S/C20H33FN2O4S/c1-13(12-22-18(24)27-19(3,4)5)26-17-10-9-15(21)11-16(17)14(2)23-28(25)20(6,7)8/h9-11,13-14,23H,12H2,1-8H3,(H,22,24)/t13-,14+,28+/m0/s1/i2D3. The van der Waals surface area contributed by atoms with E-state index in [-0.39, 0.29) is 17.9 Å². The van der Waals surface area contributed by atoms with Crippen LogP contribution < -0.4 is 14.8 Å². The van der Waals surface area contributed by atoms with Gasteiger partial charge in [0.05, 0.1) is 22.3 Å². The normalized spacial score (nSPS) is 17.5. The monoisotopic (exact) mass is 419 g/mol. The number of hydrogen-bond donors (Lipinski definition) is 2. The number of ether oxygens (including phenoxy) is 2. The summed E-state index contributed by atoms with van der Waals surface area (Å²) in [6.45, 7) is 9.41. The molecular weight excluding hydrogens is 383 g/mol. The zero-order valence-corrected chi connectivity index (χ0v) is 18.3. The first-order valence-corrected chi connectivity index (χ1v) is 10.2. The molecule has 2 N–H and O–H groups in total. The van der Waals surface area contributed by atoms with E-state index in [1.54, 1.807) is 48.5 Å². The summed E-state index contributed by atoms with van der Waals surface area (Å²) < 4.78 is 63.0. The van der Waals surface area contributed by atoms with Gasteiger partial charge in [-0.25, -0.2) is 18.1 Å². The van der Waals surface area contributed by atoms with Gasteiger partial charge >= 0.3 is 6.09 Å². The van der Waals surface area contributed by atoms with Crippen molar-refractivity contribution in [2.75, 3.05) is 6.54 Å². The molecule has 1 rings (SSSR count). The zero-order valence-electron chi connectivity index (χ0n) is 20.5. The van der Waals surface area contributed by atoms with Crippen LogP contribution in [0.5, 0.6) is 5.75 Å². The first-order valence-electron chi connectivity index (χ1n) is 10.5. The van der Waals surface area contributed by atoms with Gasteiger partial charge in [0.15, 0.2) is 0 Å². The topological polar surface area (TPSA) is 76.7 Å². The van der Waals surface area contributed by atoms with E-state index >= 15 is 0 Å². The third-order valence-corrected chi connectivity index (χ3v) is 4.89. The summed E-state index contributed by atoms with van der Waals surface area (Å²) >= 11 is 0. The van der Waals surface area contributed by atoms with Crippen LogP contribution in [0, 0.1) is 5.82 Å². The number of carbonyl (C=O) groups is 1. The van der Waals surface area contributed by atoms with E-state index in [0.717, 1.165) is 12.1 Å². The highest BCUT2D eigenvalue weighted by Gasteiger charge is 2.24. The maximum atomic E-state index is 14.0.